The van der Waals surface area contributed by atoms with E-state index in [1.54, 1.807) is 11.3 Å². The molecule has 1 amide bonds. The smallest absolute Gasteiger partial charge is 0.243 e. The zero-order valence-electron chi connectivity index (χ0n) is 16.9. The molecule has 0 radical (unpaired) electrons. The van der Waals surface area contributed by atoms with Gasteiger partial charge in [0.25, 0.3) is 0 Å². The van der Waals surface area contributed by atoms with Crippen LogP contribution in [0.15, 0.2) is 34.5 Å². The van der Waals surface area contributed by atoms with Crippen molar-refractivity contribution < 1.29 is 13.2 Å². The van der Waals surface area contributed by atoms with Gasteiger partial charge in [0, 0.05) is 43.5 Å². The van der Waals surface area contributed by atoms with E-state index in [9.17, 15) is 13.2 Å². The van der Waals surface area contributed by atoms with Crippen LogP contribution < -0.4 is 5.32 Å². The fraction of sp³-hybridized carbons (Fsp3) is 0.476. The molecule has 6 nitrogen and oxygen atoms in total. The van der Waals surface area contributed by atoms with Crippen LogP contribution in [-0.2, 0) is 21.2 Å². The van der Waals surface area contributed by atoms with Gasteiger partial charge >= 0.3 is 0 Å². The molecule has 0 spiro atoms. The number of thiophene rings is 1. The van der Waals surface area contributed by atoms with Crippen LogP contribution in [0.2, 0.25) is 5.02 Å². The van der Waals surface area contributed by atoms with Crippen LogP contribution in [0.5, 0.6) is 0 Å². The van der Waals surface area contributed by atoms with Gasteiger partial charge in [0.1, 0.15) is 0 Å². The number of nitrogens with one attached hydrogen (secondary N) is 1. The van der Waals surface area contributed by atoms with Gasteiger partial charge < -0.3 is 5.32 Å². The normalized spacial score (nSPS) is 20.3. The maximum absolute atomic E-state index is 12.8. The molecule has 0 bridgehead atoms. The highest BCUT2D eigenvalue weighted by atomic mass is 35.5. The van der Waals surface area contributed by atoms with Gasteiger partial charge in [-0.3, -0.25) is 9.69 Å². The topological polar surface area (TPSA) is 69.7 Å². The highest BCUT2D eigenvalue weighted by molar-refractivity contribution is 7.89. The molecule has 1 atom stereocenters. The first-order valence-corrected chi connectivity index (χ1v) is 13.0. The van der Waals surface area contributed by atoms with Gasteiger partial charge in [-0.25, -0.2) is 8.42 Å². The lowest BCUT2D eigenvalue weighted by atomic mass is 10.0. The van der Waals surface area contributed by atoms with Gasteiger partial charge in [-0.05, 0) is 61.4 Å². The lowest BCUT2D eigenvalue weighted by molar-refractivity contribution is -0.116. The lowest BCUT2D eigenvalue weighted by Gasteiger charge is -2.33. The summed E-state index contributed by atoms with van der Waals surface area (Å²) < 4.78 is 27.1. The zero-order valence-corrected chi connectivity index (χ0v) is 19.3. The van der Waals surface area contributed by atoms with E-state index in [1.165, 1.54) is 32.9 Å². The van der Waals surface area contributed by atoms with E-state index in [-0.39, 0.29) is 10.8 Å². The maximum Gasteiger partial charge on any atom is 0.243 e. The van der Waals surface area contributed by atoms with Crippen molar-refractivity contribution in [1.29, 1.82) is 0 Å². The SMILES string of the molecule is CC1c2ccsc2CCN1CCC(=O)Nc1cc(S(=O)(=O)N2CCCC2)ccc1Cl. The quantitative estimate of drug-likeness (QED) is 0.693. The minimum atomic E-state index is -3.56. The summed E-state index contributed by atoms with van der Waals surface area (Å²) in [4.78, 5) is 16.5. The second-order valence-electron chi connectivity index (χ2n) is 7.81. The second-order valence-corrected chi connectivity index (χ2v) is 11.2. The third-order valence-electron chi connectivity index (χ3n) is 5.94. The molecular formula is C21H26ClN3O3S2. The average molecular weight is 468 g/mol. The van der Waals surface area contributed by atoms with Gasteiger partial charge in [0.05, 0.1) is 15.6 Å². The molecule has 0 aliphatic carbocycles. The van der Waals surface area contributed by atoms with Crippen molar-refractivity contribution in [3.63, 3.8) is 0 Å². The molecule has 0 saturated carbocycles. The summed E-state index contributed by atoms with van der Waals surface area (Å²) in [7, 11) is -3.56. The fourth-order valence-corrected chi connectivity index (χ4v) is 6.83. The summed E-state index contributed by atoms with van der Waals surface area (Å²) >= 11 is 8.03. The van der Waals surface area contributed by atoms with Crippen molar-refractivity contribution in [3.05, 3.63) is 45.1 Å². The van der Waals surface area contributed by atoms with Crippen LogP contribution in [0.25, 0.3) is 0 Å². The minimum absolute atomic E-state index is 0.165. The summed E-state index contributed by atoms with van der Waals surface area (Å²) in [6, 6.07) is 6.97. The molecule has 2 aliphatic rings. The Balaban J connectivity index is 1.40. The summed E-state index contributed by atoms with van der Waals surface area (Å²) in [6.07, 6.45) is 3.08. The van der Waals surface area contributed by atoms with Crippen molar-refractivity contribution in [1.82, 2.24) is 9.21 Å². The first kappa shape index (κ1) is 21.8. The standard InChI is InChI=1S/C21H26ClN3O3S2/c1-15-17-8-13-29-20(17)6-11-24(15)12-7-21(26)23-19-14-16(4-5-18(19)22)30(27,28)25-9-2-3-10-25/h4-5,8,13-15H,2-3,6-7,9-12H2,1H3,(H,23,26). The number of fused-ring (bicyclic) bond motifs is 1. The summed E-state index contributed by atoms with van der Waals surface area (Å²) in [5.41, 5.74) is 1.70. The number of anilines is 1. The number of hydrogen-bond donors (Lipinski definition) is 1. The van der Waals surface area contributed by atoms with E-state index in [4.69, 9.17) is 11.6 Å². The lowest BCUT2D eigenvalue weighted by Crippen LogP contribution is -2.35. The predicted octanol–water partition coefficient (Wildman–Crippen LogP) is 4.13. The molecule has 9 heteroatoms. The van der Waals surface area contributed by atoms with Gasteiger partial charge in [0.15, 0.2) is 0 Å². The van der Waals surface area contributed by atoms with Crippen LogP contribution in [0.1, 0.15) is 42.7 Å². The number of rotatable bonds is 6. The van der Waals surface area contributed by atoms with Gasteiger partial charge in [0.2, 0.25) is 15.9 Å². The number of carbonyl (C=O) groups is 1. The van der Waals surface area contributed by atoms with Gasteiger partial charge in [-0.1, -0.05) is 11.6 Å². The molecular weight excluding hydrogens is 442 g/mol. The first-order chi connectivity index (χ1) is 14.4. The molecule has 1 aromatic heterocycles. The van der Waals surface area contributed by atoms with Crippen LogP contribution >= 0.6 is 22.9 Å². The van der Waals surface area contributed by atoms with E-state index < -0.39 is 10.0 Å². The van der Waals surface area contributed by atoms with Crippen LogP contribution in [0.3, 0.4) is 0 Å². The van der Waals surface area contributed by atoms with Crippen molar-refractivity contribution in [2.75, 3.05) is 31.5 Å². The van der Waals surface area contributed by atoms with E-state index in [1.807, 2.05) is 0 Å². The Kier molecular flexibility index (Phi) is 6.50. The van der Waals surface area contributed by atoms with E-state index >= 15 is 0 Å². The van der Waals surface area contributed by atoms with Crippen LogP contribution in [0.4, 0.5) is 5.69 Å². The van der Waals surface area contributed by atoms with E-state index in [0.29, 0.717) is 42.8 Å². The third-order valence-corrected chi connectivity index (χ3v) is 9.17. The Morgan fingerprint density at radius 1 is 1.23 bits per heavy atom. The second kappa shape index (κ2) is 8.96. The molecule has 1 aromatic carbocycles. The highest BCUT2D eigenvalue weighted by Gasteiger charge is 2.28. The monoisotopic (exact) mass is 467 g/mol. The van der Waals surface area contributed by atoms with Crippen molar-refractivity contribution in [3.8, 4) is 0 Å². The van der Waals surface area contributed by atoms with Crippen molar-refractivity contribution >= 4 is 44.6 Å². The van der Waals surface area contributed by atoms with Crippen LogP contribution in [-0.4, -0.2) is 49.7 Å². The predicted molar refractivity (Wildman–Crippen MR) is 121 cm³/mol. The number of carbonyl (C=O) groups excluding carboxylic acids is 1. The molecule has 1 saturated heterocycles. The van der Waals surface area contributed by atoms with Crippen molar-refractivity contribution in [2.24, 2.45) is 0 Å². The molecule has 162 valence electrons. The molecule has 3 heterocycles. The van der Waals surface area contributed by atoms with E-state index in [2.05, 4.69) is 28.6 Å². The molecule has 2 aromatic rings. The van der Waals surface area contributed by atoms with E-state index in [0.717, 1.165) is 25.8 Å². The Hall–Kier alpha value is -1.45. The average Bonchev–Trinajstić information content (AvgIpc) is 3.41. The minimum Gasteiger partial charge on any atom is -0.325 e. The highest BCUT2D eigenvalue weighted by Crippen LogP contribution is 2.33. The number of benzene rings is 1. The number of sulfonamides is 1. The number of amides is 1. The van der Waals surface area contributed by atoms with Crippen molar-refractivity contribution in [2.45, 2.75) is 43.5 Å². The molecule has 30 heavy (non-hydrogen) atoms. The fourth-order valence-electron chi connectivity index (χ4n) is 4.16. The Morgan fingerprint density at radius 2 is 2.00 bits per heavy atom. The number of hydrogen-bond acceptors (Lipinski definition) is 5. The Labute approximate surface area is 186 Å². The van der Waals surface area contributed by atoms with Crippen LogP contribution in [0, 0.1) is 0 Å². The summed E-state index contributed by atoms with van der Waals surface area (Å²) in [5.74, 6) is -0.170. The Bertz CT molecular complexity index is 1030. The molecule has 1 unspecified atom stereocenters. The first-order valence-electron chi connectivity index (χ1n) is 10.3. The summed E-state index contributed by atoms with van der Waals surface area (Å²) in [6.45, 7) is 4.82. The molecule has 1 N–H and O–H groups in total. The number of halogens is 1. The third kappa shape index (κ3) is 4.43. The van der Waals surface area contributed by atoms with Gasteiger partial charge in [-0.15, -0.1) is 11.3 Å². The molecule has 1 fully saturated rings. The maximum atomic E-state index is 12.8. The molecule has 4 rings (SSSR count). The largest absolute Gasteiger partial charge is 0.325 e. The zero-order chi connectivity index (χ0) is 21.3. The molecule has 2 aliphatic heterocycles. The van der Waals surface area contributed by atoms with Gasteiger partial charge in [-0.2, -0.15) is 4.31 Å². The summed E-state index contributed by atoms with van der Waals surface area (Å²) in [5, 5.41) is 5.26. The Morgan fingerprint density at radius 3 is 2.77 bits per heavy atom. The number of nitrogens with zero attached hydrogens (tertiary/aromatic N) is 2.